The van der Waals surface area contributed by atoms with Crippen LogP contribution >= 0.6 is 15.6 Å². The molecule has 1 aliphatic heterocycles. The number of phosphoric acid groups is 2. The highest BCUT2D eigenvalue weighted by molar-refractivity contribution is 7.61. The van der Waals surface area contributed by atoms with E-state index in [9.17, 15) is 48.6 Å². The molecule has 0 spiro atoms. The van der Waals surface area contributed by atoms with Crippen LogP contribution in [0.1, 0.15) is 168 Å². The summed E-state index contributed by atoms with van der Waals surface area (Å²) >= 11 is 0. The third-order valence-electron chi connectivity index (χ3n) is 11.2. The SMILES string of the molecule is CCCCC/C=C\C/C=C\CC(O)/C=C\C=C\CCCC(=O)OC[C@H](COP(=O)(O)OP(=O)(O)OC[C@H]1O[C@@H](n2ccc(N)nc2=O)[C@H](O)[C@@H]1O)OC(=O)CCCCCCC/C=C\CCCCCCCC. The van der Waals surface area contributed by atoms with E-state index in [1.54, 1.807) is 18.2 Å². The number of hydrogen-bond acceptors (Lipinski definition) is 16. The number of nitrogen functional groups attached to an aromatic ring is 1. The highest BCUT2D eigenvalue weighted by atomic mass is 31.3. The van der Waals surface area contributed by atoms with Crippen LogP contribution in [0, 0.1) is 0 Å². The van der Waals surface area contributed by atoms with Crippen molar-refractivity contribution in [1.29, 1.82) is 0 Å². The average molecular weight is 1040 g/mol. The molecule has 3 unspecified atom stereocenters. The van der Waals surface area contributed by atoms with E-state index in [4.69, 9.17) is 29.0 Å². The van der Waals surface area contributed by atoms with Crippen LogP contribution in [0.2, 0.25) is 0 Å². The number of anilines is 1. The van der Waals surface area contributed by atoms with E-state index in [0.29, 0.717) is 25.7 Å². The molecule has 21 heteroatoms. The summed E-state index contributed by atoms with van der Waals surface area (Å²) in [6.45, 7) is 1.97. The summed E-state index contributed by atoms with van der Waals surface area (Å²) in [5.74, 6) is -1.45. The molecule has 0 amide bonds. The lowest BCUT2D eigenvalue weighted by molar-refractivity contribution is -0.161. The number of nitrogens with zero attached hydrogens (tertiary/aromatic N) is 2. The molecule has 1 saturated heterocycles. The number of nitrogens with two attached hydrogens (primary N) is 1. The summed E-state index contributed by atoms with van der Waals surface area (Å²) in [6, 6.07) is 1.24. The number of rotatable bonds is 41. The Morgan fingerprint density at radius 3 is 2.01 bits per heavy atom. The Morgan fingerprint density at radius 2 is 1.32 bits per heavy atom. The van der Waals surface area contributed by atoms with Gasteiger partial charge in [-0.05, 0) is 76.7 Å². The quantitative estimate of drug-likeness (QED) is 0.0117. The molecule has 2 heterocycles. The van der Waals surface area contributed by atoms with Gasteiger partial charge in [0.15, 0.2) is 12.3 Å². The normalized spacial score (nSPS) is 20.1. The summed E-state index contributed by atoms with van der Waals surface area (Å²) in [7, 11) is -10.9. The Morgan fingerprint density at radius 1 is 0.746 bits per heavy atom. The van der Waals surface area contributed by atoms with Gasteiger partial charge in [0.2, 0.25) is 0 Å². The maximum Gasteiger partial charge on any atom is 0.481 e. The van der Waals surface area contributed by atoms with Gasteiger partial charge in [-0.1, -0.05) is 139 Å². The standard InChI is InChI=1S/C50H83N3O16P2/c1-3-5-7-9-11-13-14-15-16-17-18-20-22-26-31-35-46(56)67-42(38-64-45(55)34-30-27-23-25-29-33-41(54)32-28-24-21-19-12-10-8-6-4-2)39-65-70(60,61)69-71(62,63)66-40-43-47(57)48(58)49(68-43)53-37-36-44(51)52-50(53)59/h12,15-16,19,23-25,28-29,33,36-37,41-43,47-49,54,57-58H,3-11,13-14,17-18,20-22,26-27,30-32,34-35,38-40H2,1-2H3,(H,60,61)(H,62,63)(H2,51,52,59)/b16-15-,19-12-,25-23+,28-24-,33-29-/t41?,42-,43-,47-,48-,49-/m1/s1. The van der Waals surface area contributed by atoms with Gasteiger partial charge in [0.1, 0.15) is 30.7 Å². The van der Waals surface area contributed by atoms with Crippen molar-refractivity contribution in [2.24, 2.45) is 0 Å². The van der Waals surface area contributed by atoms with Crippen LogP contribution in [-0.2, 0) is 46.3 Å². The molecule has 71 heavy (non-hydrogen) atoms. The first kappa shape index (κ1) is 63.5. The molecule has 404 valence electrons. The van der Waals surface area contributed by atoms with Crippen LogP contribution in [-0.4, -0.2) is 96.9 Å². The lowest BCUT2D eigenvalue weighted by atomic mass is 10.1. The maximum atomic E-state index is 12.9. The second-order valence-corrected chi connectivity index (χ2v) is 20.6. The minimum Gasteiger partial charge on any atom is -0.462 e. The van der Waals surface area contributed by atoms with Gasteiger partial charge in [-0.2, -0.15) is 9.29 Å². The first-order valence-corrected chi connectivity index (χ1v) is 28.4. The number of hydrogen-bond donors (Lipinski definition) is 6. The number of carbonyl (C=O) groups excluding carboxylic acids is 2. The molecule has 2 rings (SSSR count). The van der Waals surface area contributed by atoms with Crippen molar-refractivity contribution in [2.75, 3.05) is 25.6 Å². The van der Waals surface area contributed by atoms with Crippen LogP contribution in [0.3, 0.4) is 0 Å². The van der Waals surface area contributed by atoms with Gasteiger partial charge in [0, 0.05) is 19.0 Å². The van der Waals surface area contributed by atoms with Crippen molar-refractivity contribution < 1.29 is 71.4 Å². The predicted octanol–water partition coefficient (Wildman–Crippen LogP) is 9.30. The van der Waals surface area contributed by atoms with Crippen molar-refractivity contribution in [3.8, 4) is 0 Å². The number of esters is 2. The van der Waals surface area contributed by atoms with Crippen LogP contribution in [0.15, 0.2) is 77.8 Å². The Balaban J connectivity index is 1.86. The molecule has 0 aliphatic carbocycles. The van der Waals surface area contributed by atoms with Gasteiger partial charge in [-0.25, -0.2) is 13.9 Å². The predicted molar refractivity (Wildman–Crippen MR) is 272 cm³/mol. The van der Waals surface area contributed by atoms with Crippen LogP contribution in [0.5, 0.6) is 0 Å². The molecule has 0 bridgehead atoms. The zero-order valence-electron chi connectivity index (χ0n) is 41.9. The van der Waals surface area contributed by atoms with Gasteiger partial charge in [-0.3, -0.25) is 23.2 Å². The summed E-state index contributed by atoms with van der Waals surface area (Å²) in [5, 5.41) is 31.1. The number of aliphatic hydroxyl groups is 3. The molecule has 1 aromatic rings. The molecular weight excluding hydrogens is 961 g/mol. The highest BCUT2D eigenvalue weighted by Crippen LogP contribution is 2.60. The van der Waals surface area contributed by atoms with Crippen molar-refractivity contribution in [2.45, 2.75) is 198 Å². The van der Waals surface area contributed by atoms with Crippen LogP contribution in [0.25, 0.3) is 0 Å². The Bertz CT molecular complexity index is 1940. The summed E-state index contributed by atoms with van der Waals surface area (Å²) < 4.78 is 56.6. The summed E-state index contributed by atoms with van der Waals surface area (Å²) in [4.78, 5) is 61.9. The number of aliphatic hydroxyl groups excluding tert-OH is 3. The molecule has 0 radical (unpaired) electrons. The average Bonchev–Trinajstić information content (AvgIpc) is 3.60. The highest BCUT2D eigenvalue weighted by Gasteiger charge is 2.46. The van der Waals surface area contributed by atoms with Gasteiger partial charge >= 0.3 is 33.3 Å². The number of ether oxygens (including phenoxy) is 3. The molecule has 1 aromatic heterocycles. The van der Waals surface area contributed by atoms with E-state index >= 15 is 0 Å². The zero-order chi connectivity index (χ0) is 52.2. The minimum absolute atomic E-state index is 0.00898. The van der Waals surface area contributed by atoms with Crippen molar-refractivity contribution in [3.63, 3.8) is 0 Å². The van der Waals surface area contributed by atoms with Gasteiger partial charge in [0.05, 0.1) is 19.3 Å². The van der Waals surface area contributed by atoms with E-state index < -0.39 is 89.8 Å². The van der Waals surface area contributed by atoms with Crippen molar-refractivity contribution >= 4 is 33.4 Å². The first-order valence-electron chi connectivity index (χ1n) is 25.4. The summed E-state index contributed by atoms with van der Waals surface area (Å²) in [5.41, 5.74) is 4.57. The van der Waals surface area contributed by atoms with Gasteiger partial charge in [0.25, 0.3) is 0 Å². The van der Waals surface area contributed by atoms with Crippen molar-refractivity contribution in [3.05, 3.63) is 83.5 Å². The molecule has 0 aromatic carbocycles. The Hall–Kier alpha value is -3.58. The first-order chi connectivity index (χ1) is 34.1. The molecule has 8 atom stereocenters. The minimum atomic E-state index is -5.45. The molecule has 7 N–H and O–H groups in total. The third-order valence-corrected chi connectivity index (χ3v) is 13.8. The van der Waals surface area contributed by atoms with E-state index in [1.807, 2.05) is 18.2 Å². The van der Waals surface area contributed by atoms with E-state index in [1.165, 1.54) is 63.9 Å². The fraction of sp³-hybridized carbons (Fsp3) is 0.680. The Kier molecular flexibility index (Phi) is 34.1. The number of allylic oxidation sites excluding steroid dienone is 8. The smallest absolute Gasteiger partial charge is 0.462 e. The second kappa shape index (κ2) is 38.1. The van der Waals surface area contributed by atoms with Crippen LogP contribution < -0.4 is 11.4 Å². The molecule has 19 nitrogen and oxygen atoms in total. The fourth-order valence-electron chi connectivity index (χ4n) is 7.14. The number of carbonyl (C=O) groups is 2. The van der Waals surface area contributed by atoms with E-state index in [2.05, 4.69) is 47.4 Å². The number of aromatic nitrogens is 2. The van der Waals surface area contributed by atoms with E-state index in [0.717, 1.165) is 62.1 Å². The number of unbranched alkanes of at least 4 members (excludes halogenated alkanes) is 15. The molecule has 1 aliphatic rings. The van der Waals surface area contributed by atoms with Gasteiger partial charge in [-0.15, -0.1) is 0 Å². The fourth-order valence-corrected chi connectivity index (χ4v) is 9.25. The lowest BCUT2D eigenvalue weighted by Gasteiger charge is -2.21. The third kappa shape index (κ3) is 30.9. The molecular formula is C50H83N3O16P2. The largest absolute Gasteiger partial charge is 0.481 e. The Labute approximate surface area is 420 Å². The van der Waals surface area contributed by atoms with E-state index in [-0.39, 0.29) is 18.7 Å². The van der Waals surface area contributed by atoms with Crippen molar-refractivity contribution in [1.82, 2.24) is 9.55 Å². The second-order valence-electron chi connectivity index (χ2n) is 17.5. The van der Waals surface area contributed by atoms with Crippen LogP contribution in [0.4, 0.5) is 5.82 Å². The zero-order valence-corrected chi connectivity index (χ0v) is 43.7. The molecule has 0 saturated carbocycles. The lowest BCUT2D eigenvalue weighted by Crippen LogP contribution is -2.36. The number of phosphoric ester groups is 2. The molecule has 1 fully saturated rings. The monoisotopic (exact) mass is 1040 g/mol. The summed E-state index contributed by atoms with van der Waals surface area (Å²) in [6.07, 6.45) is 33.3. The maximum absolute atomic E-state index is 12.9. The topological polar surface area (TPSA) is 286 Å². The van der Waals surface area contributed by atoms with Gasteiger partial charge < -0.3 is 45.1 Å².